The number of aryl methyl sites for hydroxylation is 1. The number of aromatic nitrogens is 2. The van der Waals surface area contributed by atoms with E-state index in [2.05, 4.69) is 23.8 Å². The molecule has 6 heteroatoms. The zero-order chi connectivity index (χ0) is 19.4. The zero-order valence-corrected chi connectivity index (χ0v) is 16.6. The van der Waals surface area contributed by atoms with Crippen LogP contribution in [0, 0.1) is 0 Å². The van der Waals surface area contributed by atoms with Crippen molar-refractivity contribution in [2.75, 3.05) is 0 Å². The van der Waals surface area contributed by atoms with Crippen molar-refractivity contribution in [3.63, 3.8) is 0 Å². The van der Waals surface area contributed by atoms with Crippen LogP contribution in [0.5, 0.6) is 0 Å². The number of fused-ring (bicyclic) bond motifs is 1. The van der Waals surface area contributed by atoms with E-state index >= 15 is 0 Å². The number of imidazole rings is 1. The van der Waals surface area contributed by atoms with Crippen LogP contribution in [0.25, 0.3) is 22.2 Å². The SMILES string of the molecule is CCCCc1cc2[nH]c(S(=O)(=O)O)nc2c(-c2ccccc2)c1CCCC. The fourth-order valence-electron chi connectivity index (χ4n) is 3.49. The van der Waals surface area contributed by atoms with Crippen LogP contribution in [0.3, 0.4) is 0 Å². The number of H-pyrrole nitrogens is 1. The van der Waals surface area contributed by atoms with Gasteiger partial charge in [-0.3, -0.25) is 4.55 Å². The first kappa shape index (κ1) is 19.6. The van der Waals surface area contributed by atoms with Gasteiger partial charge < -0.3 is 4.98 Å². The van der Waals surface area contributed by atoms with E-state index in [4.69, 9.17) is 0 Å². The highest BCUT2D eigenvalue weighted by molar-refractivity contribution is 7.85. The van der Waals surface area contributed by atoms with Crippen molar-refractivity contribution in [1.29, 1.82) is 0 Å². The predicted octanol–water partition coefficient (Wildman–Crippen LogP) is 5.16. The molecular weight excluding hydrogens is 360 g/mol. The summed E-state index contributed by atoms with van der Waals surface area (Å²) < 4.78 is 32.7. The first-order valence-corrected chi connectivity index (χ1v) is 11.0. The average molecular weight is 387 g/mol. The maximum Gasteiger partial charge on any atom is 0.328 e. The van der Waals surface area contributed by atoms with Crippen LogP contribution in [-0.2, 0) is 23.0 Å². The Morgan fingerprint density at radius 1 is 1.04 bits per heavy atom. The number of nitrogens with one attached hydrogen (secondary N) is 1. The van der Waals surface area contributed by atoms with Gasteiger partial charge in [0.05, 0.1) is 11.0 Å². The van der Waals surface area contributed by atoms with E-state index in [1.807, 2.05) is 36.4 Å². The van der Waals surface area contributed by atoms with Gasteiger partial charge in [0.15, 0.2) is 0 Å². The zero-order valence-electron chi connectivity index (χ0n) is 15.8. The quantitative estimate of drug-likeness (QED) is 0.524. The van der Waals surface area contributed by atoms with Crippen LogP contribution < -0.4 is 0 Å². The van der Waals surface area contributed by atoms with E-state index in [0.29, 0.717) is 11.0 Å². The number of rotatable bonds is 8. The monoisotopic (exact) mass is 386 g/mol. The van der Waals surface area contributed by atoms with Crippen molar-refractivity contribution in [2.45, 2.75) is 57.5 Å². The highest BCUT2D eigenvalue weighted by Gasteiger charge is 2.21. The molecule has 5 nitrogen and oxygen atoms in total. The molecule has 0 bridgehead atoms. The predicted molar refractivity (Wildman–Crippen MR) is 109 cm³/mol. The van der Waals surface area contributed by atoms with Gasteiger partial charge in [0, 0.05) is 5.56 Å². The number of hydrogen-bond acceptors (Lipinski definition) is 3. The normalized spacial score (nSPS) is 12.0. The third-order valence-corrected chi connectivity index (χ3v) is 5.52. The molecule has 0 spiro atoms. The lowest BCUT2D eigenvalue weighted by atomic mass is 9.89. The lowest BCUT2D eigenvalue weighted by Gasteiger charge is -2.16. The standard InChI is InChI=1S/C21H26N2O3S/c1-3-5-10-16-14-18-20(23-21(22-18)27(24,25)26)19(17(16)13-6-4-2)15-11-8-7-9-12-15/h7-9,11-12,14H,3-6,10,13H2,1-2H3,(H,22,23)(H,24,25,26). The summed E-state index contributed by atoms with van der Waals surface area (Å²) in [6, 6.07) is 12.0. The first-order valence-electron chi connectivity index (χ1n) is 9.53. The van der Waals surface area contributed by atoms with E-state index in [1.54, 1.807) is 0 Å². The third-order valence-electron chi connectivity index (χ3n) is 4.84. The van der Waals surface area contributed by atoms with Gasteiger partial charge in [-0.15, -0.1) is 0 Å². The molecular formula is C21H26N2O3S. The van der Waals surface area contributed by atoms with E-state index in [0.717, 1.165) is 49.7 Å². The summed E-state index contributed by atoms with van der Waals surface area (Å²) in [4.78, 5) is 7.05. The molecule has 27 heavy (non-hydrogen) atoms. The van der Waals surface area contributed by atoms with Gasteiger partial charge >= 0.3 is 10.1 Å². The molecule has 0 saturated heterocycles. The van der Waals surface area contributed by atoms with Crippen LogP contribution >= 0.6 is 0 Å². The van der Waals surface area contributed by atoms with Crippen molar-refractivity contribution in [1.82, 2.24) is 9.97 Å². The Morgan fingerprint density at radius 3 is 2.33 bits per heavy atom. The van der Waals surface area contributed by atoms with Crippen LogP contribution in [0.4, 0.5) is 0 Å². The molecule has 2 aromatic carbocycles. The van der Waals surface area contributed by atoms with Gasteiger partial charge in [-0.05, 0) is 48.4 Å². The van der Waals surface area contributed by atoms with Crippen LogP contribution in [-0.4, -0.2) is 22.9 Å². The van der Waals surface area contributed by atoms with Gasteiger partial charge in [-0.1, -0.05) is 57.0 Å². The van der Waals surface area contributed by atoms with E-state index < -0.39 is 15.3 Å². The average Bonchev–Trinajstić information content (AvgIpc) is 3.08. The fraction of sp³-hybridized carbons (Fsp3) is 0.381. The molecule has 0 amide bonds. The Hall–Kier alpha value is -2.18. The van der Waals surface area contributed by atoms with Crippen molar-refractivity contribution >= 4 is 21.2 Å². The number of benzene rings is 2. The molecule has 0 saturated carbocycles. The maximum absolute atomic E-state index is 11.6. The van der Waals surface area contributed by atoms with Gasteiger partial charge in [0.25, 0.3) is 5.16 Å². The number of hydrogen-bond donors (Lipinski definition) is 2. The molecule has 1 aromatic heterocycles. The second-order valence-electron chi connectivity index (χ2n) is 6.88. The Labute approximate surface area is 160 Å². The second-order valence-corrected chi connectivity index (χ2v) is 8.21. The van der Waals surface area contributed by atoms with Gasteiger partial charge in [0.1, 0.15) is 0 Å². The largest absolute Gasteiger partial charge is 0.328 e. The summed E-state index contributed by atoms with van der Waals surface area (Å²) in [5.41, 5.74) is 5.69. The molecule has 0 radical (unpaired) electrons. The van der Waals surface area contributed by atoms with Crippen molar-refractivity contribution in [2.24, 2.45) is 0 Å². The Bertz CT molecular complexity index is 1020. The van der Waals surface area contributed by atoms with Gasteiger partial charge in [-0.2, -0.15) is 8.42 Å². The molecule has 3 aromatic rings. The minimum atomic E-state index is -4.39. The van der Waals surface area contributed by atoms with Crippen molar-refractivity contribution in [3.05, 3.63) is 47.5 Å². The molecule has 144 valence electrons. The highest BCUT2D eigenvalue weighted by atomic mass is 32.2. The lowest BCUT2D eigenvalue weighted by Crippen LogP contribution is -2.00. The van der Waals surface area contributed by atoms with E-state index in [9.17, 15) is 13.0 Å². The van der Waals surface area contributed by atoms with Gasteiger partial charge in [-0.25, -0.2) is 4.98 Å². The topological polar surface area (TPSA) is 83.0 Å². The second kappa shape index (κ2) is 8.23. The summed E-state index contributed by atoms with van der Waals surface area (Å²) in [6.45, 7) is 4.33. The lowest BCUT2D eigenvalue weighted by molar-refractivity contribution is 0.476. The summed E-state index contributed by atoms with van der Waals surface area (Å²) in [5.74, 6) is 0. The first-order chi connectivity index (χ1) is 13.0. The summed E-state index contributed by atoms with van der Waals surface area (Å²) in [6.07, 6.45) is 6.15. The van der Waals surface area contributed by atoms with Gasteiger partial charge in [0.2, 0.25) is 0 Å². The minimum Gasteiger partial charge on any atom is -0.327 e. The maximum atomic E-state index is 11.6. The van der Waals surface area contributed by atoms with Crippen LogP contribution in [0.15, 0.2) is 41.6 Å². The summed E-state index contributed by atoms with van der Waals surface area (Å²) >= 11 is 0. The molecule has 0 aliphatic carbocycles. The molecule has 2 N–H and O–H groups in total. The molecule has 0 aliphatic rings. The third kappa shape index (κ3) is 4.22. The Kier molecular flexibility index (Phi) is 5.97. The molecule has 0 atom stereocenters. The number of nitrogens with zero attached hydrogens (tertiary/aromatic N) is 1. The molecule has 0 unspecified atom stereocenters. The molecule has 0 fully saturated rings. The molecule has 3 rings (SSSR count). The minimum absolute atomic E-state index is 0.399. The highest BCUT2D eigenvalue weighted by Crippen LogP contribution is 2.35. The van der Waals surface area contributed by atoms with Crippen LogP contribution in [0.2, 0.25) is 0 Å². The Morgan fingerprint density at radius 2 is 1.70 bits per heavy atom. The summed E-state index contributed by atoms with van der Waals surface area (Å²) in [5, 5.41) is -0.399. The molecule has 0 aliphatic heterocycles. The fourth-order valence-corrected chi connectivity index (χ4v) is 3.94. The Balaban J connectivity index is 2.33. The smallest absolute Gasteiger partial charge is 0.327 e. The van der Waals surface area contributed by atoms with Crippen molar-refractivity contribution in [3.8, 4) is 11.1 Å². The number of unbranched alkanes of at least 4 members (excludes halogenated alkanes) is 2. The van der Waals surface area contributed by atoms with E-state index in [1.165, 1.54) is 11.1 Å². The molecule has 1 heterocycles. The van der Waals surface area contributed by atoms with Crippen LogP contribution in [0.1, 0.15) is 50.7 Å². The van der Waals surface area contributed by atoms with E-state index in [-0.39, 0.29) is 0 Å². The summed E-state index contributed by atoms with van der Waals surface area (Å²) in [7, 11) is -4.39. The van der Waals surface area contributed by atoms with Crippen molar-refractivity contribution < 1.29 is 13.0 Å². The number of aromatic amines is 1.